The maximum absolute atomic E-state index is 13.0. The largest absolute Gasteiger partial charge is 0.361 e. The second kappa shape index (κ2) is 7.17. The minimum Gasteiger partial charge on any atom is -0.361 e. The van der Waals surface area contributed by atoms with Gasteiger partial charge in [-0.25, -0.2) is 0 Å². The van der Waals surface area contributed by atoms with E-state index in [9.17, 15) is 9.59 Å². The number of hydrogen-bond acceptors (Lipinski definition) is 5. The van der Waals surface area contributed by atoms with Gasteiger partial charge in [0.1, 0.15) is 5.76 Å². The summed E-state index contributed by atoms with van der Waals surface area (Å²) in [6.07, 6.45) is 5.75. The average Bonchev–Trinajstić information content (AvgIpc) is 3.18. The van der Waals surface area contributed by atoms with Crippen molar-refractivity contribution in [2.24, 2.45) is 5.92 Å². The molecule has 2 atom stereocenters. The Morgan fingerprint density at radius 3 is 2.85 bits per heavy atom. The van der Waals surface area contributed by atoms with Crippen molar-refractivity contribution in [3.8, 4) is 0 Å². The molecule has 0 spiro atoms. The Morgan fingerprint density at radius 2 is 2.15 bits per heavy atom. The van der Waals surface area contributed by atoms with Gasteiger partial charge in [0.2, 0.25) is 11.8 Å². The third kappa shape index (κ3) is 3.48. The zero-order valence-corrected chi connectivity index (χ0v) is 15.8. The van der Waals surface area contributed by atoms with Gasteiger partial charge in [-0.3, -0.25) is 14.3 Å². The van der Waals surface area contributed by atoms with Crippen LogP contribution in [-0.4, -0.2) is 55.7 Å². The molecule has 0 aromatic carbocycles. The summed E-state index contributed by atoms with van der Waals surface area (Å²) in [4.78, 5) is 29.5. The van der Waals surface area contributed by atoms with Crippen LogP contribution in [0.1, 0.15) is 36.3 Å². The van der Waals surface area contributed by atoms with Gasteiger partial charge in [0, 0.05) is 50.1 Å². The first kappa shape index (κ1) is 17.8. The molecule has 5 heterocycles. The van der Waals surface area contributed by atoms with Gasteiger partial charge in [-0.1, -0.05) is 5.16 Å². The second-order valence-electron chi connectivity index (χ2n) is 7.51. The lowest BCUT2D eigenvalue weighted by Crippen LogP contribution is -2.47. The predicted molar refractivity (Wildman–Crippen MR) is 96.5 cm³/mol. The van der Waals surface area contributed by atoms with Gasteiger partial charge < -0.3 is 14.3 Å². The molecule has 2 aromatic heterocycles. The topological polar surface area (TPSA) is 84.5 Å². The number of piperidine rings is 1. The van der Waals surface area contributed by atoms with E-state index < -0.39 is 0 Å². The van der Waals surface area contributed by atoms with Crippen LogP contribution >= 0.6 is 0 Å². The summed E-state index contributed by atoms with van der Waals surface area (Å²) in [6.45, 7) is 5.97. The molecule has 3 aliphatic rings. The first-order valence-electron chi connectivity index (χ1n) is 9.50. The first-order valence-corrected chi connectivity index (χ1v) is 9.50. The molecule has 2 amide bonds. The van der Waals surface area contributed by atoms with E-state index in [4.69, 9.17) is 4.52 Å². The molecule has 0 unspecified atom stereocenters. The summed E-state index contributed by atoms with van der Waals surface area (Å²) in [6, 6.07) is 1.90. The van der Waals surface area contributed by atoms with E-state index in [1.54, 1.807) is 10.9 Å². The smallest absolute Gasteiger partial charge is 0.228 e. The molecule has 3 saturated heterocycles. The van der Waals surface area contributed by atoms with Crippen LogP contribution in [0.4, 0.5) is 0 Å². The molecule has 2 bridgehead atoms. The molecule has 8 nitrogen and oxygen atoms in total. The second-order valence-corrected chi connectivity index (χ2v) is 7.51. The van der Waals surface area contributed by atoms with Crippen LogP contribution in [0.3, 0.4) is 0 Å². The highest BCUT2D eigenvalue weighted by Gasteiger charge is 2.42. The summed E-state index contributed by atoms with van der Waals surface area (Å²) in [5, 5.41) is 8.14. The molecule has 27 heavy (non-hydrogen) atoms. The van der Waals surface area contributed by atoms with E-state index in [2.05, 4.69) is 10.3 Å². The van der Waals surface area contributed by atoms with E-state index in [1.165, 1.54) is 0 Å². The van der Waals surface area contributed by atoms with Crippen molar-refractivity contribution in [2.45, 2.75) is 52.2 Å². The quantitative estimate of drug-likeness (QED) is 0.796. The van der Waals surface area contributed by atoms with Crippen LogP contribution in [-0.2, 0) is 22.7 Å². The van der Waals surface area contributed by atoms with Crippen LogP contribution in [0.25, 0.3) is 0 Å². The summed E-state index contributed by atoms with van der Waals surface area (Å²) in [7, 11) is 0. The lowest BCUT2D eigenvalue weighted by molar-refractivity contribution is -0.140. The Kier molecular flexibility index (Phi) is 4.72. The molecule has 0 aliphatic carbocycles. The van der Waals surface area contributed by atoms with Crippen molar-refractivity contribution in [3.63, 3.8) is 0 Å². The Balaban J connectivity index is 1.46. The van der Waals surface area contributed by atoms with Gasteiger partial charge in [0.15, 0.2) is 0 Å². The number of aromatic nitrogens is 3. The van der Waals surface area contributed by atoms with Crippen molar-refractivity contribution in [2.75, 3.05) is 13.1 Å². The van der Waals surface area contributed by atoms with E-state index in [0.29, 0.717) is 32.6 Å². The third-order valence-corrected chi connectivity index (χ3v) is 5.77. The SMILES string of the molecule is Cc1noc(C)c1CN1C(=O)[C@H]2CC[C@@H]1CN(C(=O)CCn1cccn1)C2. The summed E-state index contributed by atoms with van der Waals surface area (Å²) in [5.74, 6) is 0.883. The molecule has 144 valence electrons. The van der Waals surface area contributed by atoms with E-state index >= 15 is 0 Å². The van der Waals surface area contributed by atoms with Crippen molar-refractivity contribution in [1.29, 1.82) is 0 Å². The summed E-state index contributed by atoms with van der Waals surface area (Å²) in [5.41, 5.74) is 1.81. The lowest BCUT2D eigenvalue weighted by atomic mass is 9.93. The van der Waals surface area contributed by atoms with Crippen molar-refractivity contribution >= 4 is 11.8 Å². The number of nitrogens with zero attached hydrogens (tertiary/aromatic N) is 5. The molecule has 3 aliphatic heterocycles. The molecule has 8 heteroatoms. The van der Waals surface area contributed by atoms with Gasteiger partial charge in [-0.05, 0) is 32.8 Å². The van der Waals surface area contributed by atoms with Gasteiger partial charge in [-0.15, -0.1) is 0 Å². The Bertz CT molecular complexity index is 809. The fourth-order valence-electron chi connectivity index (χ4n) is 4.15. The molecular formula is C19H25N5O3. The monoisotopic (exact) mass is 371 g/mol. The first-order chi connectivity index (χ1) is 13.0. The van der Waals surface area contributed by atoms with Crippen LogP contribution < -0.4 is 0 Å². The Labute approximate surface area is 158 Å². The number of carbonyl (C=O) groups excluding carboxylic acids is 2. The third-order valence-electron chi connectivity index (χ3n) is 5.77. The Hall–Kier alpha value is -2.64. The number of amides is 2. The fraction of sp³-hybridized carbons (Fsp3) is 0.579. The minimum absolute atomic E-state index is 0.0543. The van der Waals surface area contributed by atoms with Crippen LogP contribution in [0, 0.1) is 19.8 Å². The lowest BCUT2D eigenvalue weighted by Gasteiger charge is -2.35. The summed E-state index contributed by atoms with van der Waals surface area (Å²) < 4.78 is 7.01. The van der Waals surface area contributed by atoms with Crippen molar-refractivity contribution < 1.29 is 14.1 Å². The predicted octanol–water partition coefficient (Wildman–Crippen LogP) is 1.53. The highest BCUT2D eigenvalue weighted by molar-refractivity contribution is 5.83. The minimum atomic E-state index is -0.113. The average molecular weight is 371 g/mol. The molecule has 0 radical (unpaired) electrons. The molecule has 0 saturated carbocycles. The van der Waals surface area contributed by atoms with Crippen LogP contribution in [0.15, 0.2) is 23.0 Å². The number of rotatable bonds is 5. The standard InChI is InChI=1S/C19H25N5O3/c1-13-17(14(2)27-21-13)12-24-16-5-4-15(19(24)26)10-22(11-16)18(25)6-9-23-8-3-7-20-23/h3,7-8,15-16H,4-6,9-12H2,1-2H3/t15-,16+/m0/s1. The van der Waals surface area contributed by atoms with E-state index in [-0.39, 0.29) is 23.8 Å². The zero-order valence-electron chi connectivity index (χ0n) is 15.8. The van der Waals surface area contributed by atoms with Gasteiger partial charge in [0.05, 0.1) is 18.2 Å². The van der Waals surface area contributed by atoms with Crippen LogP contribution in [0.5, 0.6) is 0 Å². The van der Waals surface area contributed by atoms with Crippen molar-refractivity contribution in [1.82, 2.24) is 24.7 Å². The highest BCUT2D eigenvalue weighted by atomic mass is 16.5. The fourth-order valence-corrected chi connectivity index (χ4v) is 4.15. The van der Waals surface area contributed by atoms with Crippen LogP contribution in [0.2, 0.25) is 0 Å². The van der Waals surface area contributed by atoms with Gasteiger partial charge in [0.25, 0.3) is 0 Å². The summed E-state index contributed by atoms with van der Waals surface area (Å²) >= 11 is 0. The van der Waals surface area contributed by atoms with Crippen molar-refractivity contribution in [3.05, 3.63) is 35.5 Å². The van der Waals surface area contributed by atoms with E-state index in [0.717, 1.165) is 29.9 Å². The molecule has 3 fully saturated rings. The van der Waals surface area contributed by atoms with E-state index in [1.807, 2.05) is 35.9 Å². The normalized spacial score (nSPS) is 22.4. The number of carbonyl (C=O) groups is 2. The Morgan fingerprint density at radius 1 is 1.30 bits per heavy atom. The molecular weight excluding hydrogens is 346 g/mol. The van der Waals surface area contributed by atoms with Gasteiger partial charge >= 0.3 is 0 Å². The number of hydrogen-bond donors (Lipinski definition) is 0. The molecule has 5 rings (SSSR count). The zero-order chi connectivity index (χ0) is 19.0. The molecule has 2 aromatic rings. The number of fused-ring (bicyclic) bond motifs is 4. The van der Waals surface area contributed by atoms with Gasteiger partial charge in [-0.2, -0.15) is 5.10 Å². The maximum Gasteiger partial charge on any atom is 0.228 e. The number of aryl methyl sites for hydroxylation is 3. The highest BCUT2D eigenvalue weighted by Crippen LogP contribution is 2.31. The maximum atomic E-state index is 13.0. The molecule has 0 N–H and O–H groups in total.